The lowest BCUT2D eigenvalue weighted by Crippen LogP contribution is -2.22. The van der Waals surface area contributed by atoms with E-state index in [0.29, 0.717) is 6.04 Å². The monoisotopic (exact) mass is 206 g/mol. The van der Waals surface area contributed by atoms with Gasteiger partial charge in [0.2, 0.25) is 5.95 Å². The molecule has 0 aromatic carbocycles. The highest BCUT2D eigenvalue weighted by Gasteiger charge is 2.28. The third kappa shape index (κ3) is 2.19. The molecule has 4 heteroatoms. The molecule has 1 heterocycles. The van der Waals surface area contributed by atoms with Crippen molar-refractivity contribution in [2.75, 3.05) is 23.8 Å². The van der Waals surface area contributed by atoms with Crippen LogP contribution in [0.5, 0.6) is 0 Å². The van der Waals surface area contributed by atoms with E-state index in [9.17, 15) is 0 Å². The molecule has 82 valence electrons. The molecule has 1 saturated carbocycles. The predicted octanol–water partition coefficient (Wildman–Crippen LogP) is 1.82. The van der Waals surface area contributed by atoms with Crippen molar-refractivity contribution in [3.05, 3.63) is 11.8 Å². The largest absolute Gasteiger partial charge is 0.356 e. The fourth-order valence-electron chi connectivity index (χ4n) is 1.67. The van der Waals surface area contributed by atoms with Gasteiger partial charge in [0.05, 0.1) is 0 Å². The Morgan fingerprint density at radius 1 is 1.53 bits per heavy atom. The van der Waals surface area contributed by atoms with Gasteiger partial charge < -0.3 is 10.2 Å². The van der Waals surface area contributed by atoms with Crippen LogP contribution in [-0.4, -0.2) is 29.6 Å². The topological polar surface area (TPSA) is 41.1 Å². The fourth-order valence-corrected chi connectivity index (χ4v) is 1.67. The maximum Gasteiger partial charge on any atom is 0.224 e. The second kappa shape index (κ2) is 4.04. The summed E-state index contributed by atoms with van der Waals surface area (Å²) in [4.78, 5) is 11.0. The lowest BCUT2D eigenvalue weighted by molar-refractivity contribution is 0.876. The maximum atomic E-state index is 4.53. The fraction of sp³-hybridized carbons (Fsp3) is 0.636. The van der Waals surface area contributed by atoms with Crippen molar-refractivity contribution in [2.24, 2.45) is 0 Å². The molecule has 0 radical (unpaired) electrons. The zero-order valence-corrected chi connectivity index (χ0v) is 9.62. The molecule has 0 unspecified atom stereocenters. The van der Waals surface area contributed by atoms with Crippen molar-refractivity contribution in [1.82, 2.24) is 9.97 Å². The van der Waals surface area contributed by atoms with Gasteiger partial charge in [0.1, 0.15) is 5.82 Å². The Kier molecular flexibility index (Phi) is 2.75. The van der Waals surface area contributed by atoms with E-state index in [-0.39, 0.29) is 0 Å². The van der Waals surface area contributed by atoms with Gasteiger partial charge in [-0.3, -0.25) is 0 Å². The highest BCUT2D eigenvalue weighted by atomic mass is 15.2. The Bertz CT molecular complexity index is 346. The third-order valence-electron chi connectivity index (χ3n) is 2.71. The molecule has 0 bridgehead atoms. The zero-order chi connectivity index (χ0) is 10.8. The Balaban J connectivity index is 2.23. The molecule has 0 amide bonds. The third-order valence-corrected chi connectivity index (χ3v) is 2.71. The number of rotatable bonds is 4. The summed E-state index contributed by atoms with van der Waals surface area (Å²) in [5.41, 5.74) is 1.14. The Hall–Kier alpha value is -1.32. The van der Waals surface area contributed by atoms with Crippen LogP contribution < -0.4 is 10.2 Å². The smallest absolute Gasteiger partial charge is 0.224 e. The molecule has 1 aromatic rings. The average Bonchev–Trinajstić information content (AvgIpc) is 3.04. The second-order valence-electron chi connectivity index (χ2n) is 4.07. The molecule has 0 saturated heterocycles. The summed E-state index contributed by atoms with van der Waals surface area (Å²) in [5, 5.41) is 3.14. The minimum absolute atomic E-state index is 0.688. The number of hydrogen-bond acceptors (Lipinski definition) is 4. The summed E-state index contributed by atoms with van der Waals surface area (Å²) >= 11 is 0. The van der Waals surface area contributed by atoms with Crippen molar-refractivity contribution >= 4 is 11.8 Å². The van der Waals surface area contributed by atoms with Crippen LogP contribution >= 0.6 is 0 Å². The lowest BCUT2D eigenvalue weighted by atomic mass is 10.3. The van der Waals surface area contributed by atoms with Crippen molar-refractivity contribution < 1.29 is 0 Å². The van der Waals surface area contributed by atoms with Crippen LogP contribution in [0.3, 0.4) is 0 Å². The number of hydrogen-bond donors (Lipinski definition) is 1. The minimum Gasteiger partial charge on any atom is -0.356 e. The van der Waals surface area contributed by atoms with Crippen LogP contribution in [0.25, 0.3) is 0 Å². The van der Waals surface area contributed by atoms with Crippen LogP contribution in [-0.2, 0) is 0 Å². The van der Waals surface area contributed by atoms with E-state index < -0.39 is 0 Å². The average molecular weight is 206 g/mol. The lowest BCUT2D eigenvalue weighted by Gasteiger charge is -2.19. The van der Waals surface area contributed by atoms with Gasteiger partial charge in [0, 0.05) is 31.4 Å². The van der Waals surface area contributed by atoms with Crippen molar-refractivity contribution in [3.63, 3.8) is 0 Å². The van der Waals surface area contributed by atoms with Gasteiger partial charge >= 0.3 is 0 Å². The summed E-state index contributed by atoms with van der Waals surface area (Å²) in [7, 11) is 2.11. The van der Waals surface area contributed by atoms with Crippen LogP contribution in [0.1, 0.15) is 25.3 Å². The quantitative estimate of drug-likeness (QED) is 0.815. The number of aromatic nitrogens is 2. The molecule has 1 aliphatic rings. The molecule has 15 heavy (non-hydrogen) atoms. The first kappa shape index (κ1) is 10.2. The Labute approximate surface area is 90.7 Å². The first-order valence-electron chi connectivity index (χ1n) is 5.52. The summed E-state index contributed by atoms with van der Waals surface area (Å²) in [6.07, 6.45) is 4.46. The SMILES string of the molecule is CCNc1ncc(C)c(N(C)C2CC2)n1. The molecule has 4 nitrogen and oxygen atoms in total. The Morgan fingerprint density at radius 3 is 2.87 bits per heavy atom. The second-order valence-corrected chi connectivity index (χ2v) is 4.07. The first-order chi connectivity index (χ1) is 7.22. The summed E-state index contributed by atoms with van der Waals surface area (Å²) < 4.78 is 0. The molecule has 1 fully saturated rings. The van der Waals surface area contributed by atoms with Gasteiger partial charge in [-0.2, -0.15) is 4.98 Å². The minimum atomic E-state index is 0.688. The summed E-state index contributed by atoms with van der Waals surface area (Å²) in [6, 6.07) is 0.688. The van der Waals surface area contributed by atoms with Crippen LogP contribution in [0.2, 0.25) is 0 Å². The number of anilines is 2. The van der Waals surface area contributed by atoms with E-state index in [1.807, 2.05) is 13.1 Å². The number of nitrogens with zero attached hydrogens (tertiary/aromatic N) is 3. The van der Waals surface area contributed by atoms with Crippen molar-refractivity contribution in [1.29, 1.82) is 0 Å². The van der Waals surface area contributed by atoms with Gasteiger partial charge in [0.25, 0.3) is 0 Å². The van der Waals surface area contributed by atoms with Gasteiger partial charge in [-0.15, -0.1) is 0 Å². The van der Waals surface area contributed by atoms with Crippen LogP contribution in [0.15, 0.2) is 6.20 Å². The predicted molar refractivity (Wildman–Crippen MR) is 62.4 cm³/mol. The summed E-state index contributed by atoms with van der Waals surface area (Å²) in [5.74, 6) is 1.79. The van der Waals surface area contributed by atoms with E-state index in [2.05, 4.69) is 34.2 Å². The number of aryl methyl sites for hydroxylation is 1. The van der Waals surface area contributed by atoms with Crippen LogP contribution in [0.4, 0.5) is 11.8 Å². The highest BCUT2D eigenvalue weighted by molar-refractivity contribution is 5.50. The molecule has 2 rings (SSSR count). The maximum absolute atomic E-state index is 4.53. The van der Waals surface area contributed by atoms with E-state index in [1.165, 1.54) is 12.8 Å². The van der Waals surface area contributed by atoms with E-state index in [0.717, 1.165) is 23.9 Å². The number of nitrogens with one attached hydrogen (secondary N) is 1. The van der Waals surface area contributed by atoms with Crippen LogP contribution in [0, 0.1) is 6.92 Å². The molecule has 1 N–H and O–H groups in total. The highest BCUT2D eigenvalue weighted by Crippen LogP contribution is 2.30. The molecule has 0 atom stereocenters. The molecular formula is C11H18N4. The van der Waals surface area contributed by atoms with Crippen molar-refractivity contribution in [3.8, 4) is 0 Å². The zero-order valence-electron chi connectivity index (χ0n) is 9.62. The summed E-state index contributed by atoms with van der Waals surface area (Å²) in [6.45, 7) is 4.97. The molecule has 1 aliphatic carbocycles. The van der Waals surface area contributed by atoms with E-state index in [1.54, 1.807) is 0 Å². The van der Waals surface area contributed by atoms with E-state index in [4.69, 9.17) is 0 Å². The van der Waals surface area contributed by atoms with Gasteiger partial charge in [-0.25, -0.2) is 4.98 Å². The van der Waals surface area contributed by atoms with Gasteiger partial charge in [0.15, 0.2) is 0 Å². The molecule has 0 aliphatic heterocycles. The van der Waals surface area contributed by atoms with Gasteiger partial charge in [-0.05, 0) is 26.7 Å². The molecule has 0 spiro atoms. The first-order valence-corrected chi connectivity index (χ1v) is 5.52. The van der Waals surface area contributed by atoms with E-state index >= 15 is 0 Å². The van der Waals surface area contributed by atoms with Crippen molar-refractivity contribution in [2.45, 2.75) is 32.7 Å². The molecule has 1 aromatic heterocycles. The molecular weight excluding hydrogens is 188 g/mol. The normalized spacial score (nSPS) is 15.1. The van der Waals surface area contributed by atoms with Gasteiger partial charge in [-0.1, -0.05) is 0 Å². The standard InChI is InChI=1S/C11H18N4/c1-4-12-11-13-7-8(2)10(14-11)15(3)9-5-6-9/h7,9H,4-6H2,1-3H3,(H,12,13,14). The Morgan fingerprint density at radius 2 is 2.27 bits per heavy atom.